The standard InChI is InChI=1S/C13H16N2O2/c1-8-5-11-6-10(13(14)17)3-4-12(11)15(7-8)9(2)16/h3-4,6,8H,5,7H2,1-2H3,(H2,14,17). The molecule has 0 saturated carbocycles. The van der Waals surface area contributed by atoms with Gasteiger partial charge in [-0.25, -0.2) is 0 Å². The Morgan fingerprint density at radius 2 is 2.12 bits per heavy atom. The van der Waals surface area contributed by atoms with Crippen LogP contribution in [0.2, 0.25) is 0 Å². The number of hydrogen-bond donors (Lipinski definition) is 1. The Bertz CT molecular complexity index is 482. The second-order valence-corrected chi connectivity index (χ2v) is 4.65. The molecule has 0 saturated heterocycles. The number of nitrogens with zero attached hydrogens (tertiary/aromatic N) is 1. The van der Waals surface area contributed by atoms with E-state index in [9.17, 15) is 9.59 Å². The fourth-order valence-corrected chi connectivity index (χ4v) is 2.31. The summed E-state index contributed by atoms with van der Waals surface area (Å²) in [5.74, 6) is -0.000414. The Kier molecular flexibility index (Phi) is 2.88. The van der Waals surface area contributed by atoms with Gasteiger partial charge in [-0.2, -0.15) is 0 Å². The average molecular weight is 232 g/mol. The van der Waals surface area contributed by atoms with Crippen LogP contribution in [0.3, 0.4) is 0 Å². The summed E-state index contributed by atoms with van der Waals surface area (Å²) < 4.78 is 0. The van der Waals surface area contributed by atoms with Crippen molar-refractivity contribution in [1.29, 1.82) is 0 Å². The van der Waals surface area contributed by atoms with Crippen molar-refractivity contribution in [1.82, 2.24) is 0 Å². The molecule has 0 aromatic heterocycles. The molecule has 0 fully saturated rings. The minimum atomic E-state index is -0.430. The topological polar surface area (TPSA) is 63.4 Å². The van der Waals surface area contributed by atoms with E-state index in [0.717, 1.165) is 24.2 Å². The summed E-state index contributed by atoms with van der Waals surface area (Å²) in [6, 6.07) is 5.28. The molecule has 1 aliphatic heterocycles. The van der Waals surface area contributed by atoms with E-state index >= 15 is 0 Å². The van der Waals surface area contributed by atoms with Gasteiger partial charge in [0, 0.05) is 24.7 Å². The molecule has 1 atom stereocenters. The number of primary amides is 1. The van der Waals surface area contributed by atoms with Crippen LogP contribution in [0.25, 0.3) is 0 Å². The molecule has 0 spiro atoms. The zero-order chi connectivity index (χ0) is 12.6. The molecule has 1 unspecified atom stereocenters. The van der Waals surface area contributed by atoms with Gasteiger partial charge in [0.1, 0.15) is 0 Å². The van der Waals surface area contributed by atoms with Gasteiger partial charge in [-0.1, -0.05) is 6.92 Å². The van der Waals surface area contributed by atoms with Gasteiger partial charge in [-0.05, 0) is 36.1 Å². The lowest BCUT2D eigenvalue weighted by atomic mass is 9.92. The van der Waals surface area contributed by atoms with Gasteiger partial charge in [0.2, 0.25) is 11.8 Å². The molecule has 1 aliphatic rings. The van der Waals surface area contributed by atoms with Gasteiger partial charge in [0.25, 0.3) is 0 Å². The van der Waals surface area contributed by atoms with Crippen LogP contribution >= 0.6 is 0 Å². The first-order valence-electron chi connectivity index (χ1n) is 5.70. The number of carbonyl (C=O) groups is 2. The summed E-state index contributed by atoms with van der Waals surface area (Å²) in [6.07, 6.45) is 0.875. The van der Waals surface area contributed by atoms with E-state index in [1.807, 2.05) is 6.07 Å². The van der Waals surface area contributed by atoms with E-state index in [2.05, 4.69) is 6.92 Å². The monoisotopic (exact) mass is 232 g/mol. The highest BCUT2D eigenvalue weighted by Crippen LogP contribution is 2.30. The maximum Gasteiger partial charge on any atom is 0.248 e. The van der Waals surface area contributed by atoms with Gasteiger partial charge >= 0.3 is 0 Å². The molecule has 0 radical (unpaired) electrons. The van der Waals surface area contributed by atoms with Crippen LogP contribution in [0.15, 0.2) is 18.2 Å². The zero-order valence-electron chi connectivity index (χ0n) is 10.1. The summed E-state index contributed by atoms with van der Waals surface area (Å²) in [5.41, 5.74) is 7.68. The van der Waals surface area contributed by atoms with Crippen LogP contribution in [0.1, 0.15) is 29.8 Å². The normalized spacial score (nSPS) is 18.7. The maximum absolute atomic E-state index is 11.6. The minimum absolute atomic E-state index is 0.0321. The highest BCUT2D eigenvalue weighted by molar-refractivity contribution is 5.96. The number of carbonyl (C=O) groups excluding carboxylic acids is 2. The van der Waals surface area contributed by atoms with Crippen molar-refractivity contribution in [2.75, 3.05) is 11.4 Å². The fourth-order valence-electron chi connectivity index (χ4n) is 2.31. The van der Waals surface area contributed by atoms with E-state index in [1.165, 1.54) is 0 Å². The van der Waals surface area contributed by atoms with E-state index in [0.29, 0.717) is 11.5 Å². The average Bonchev–Trinajstić information content (AvgIpc) is 2.26. The third-order valence-electron chi connectivity index (χ3n) is 3.10. The molecule has 4 heteroatoms. The first-order chi connectivity index (χ1) is 7.99. The molecule has 2 rings (SSSR count). The van der Waals surface area contributed by atoms with Crippen LogP contribution < -0.4 is 10.6 Å². The van der Waals surface area contributed by atoms with Crippen LogP contribution in [-0.4, -0.2) is 18.4 Å². The maximum atomic E-state index is 11.6. The van der Waals surface area contributed by atoms with Gasteiger partial charge < -0.3 is 10.6 Å². The predicted molar refractivity (Wildman–Crippen MR) is 65.9 cm³/mol. The van der Waals surface area contributed by atoms with Crippen molar-refractivity contribution < 1.29 is 9.59 Å². The van der Waals surface area contributed by atoms with Crippen LogP contribution in [0.5, 0.6) is 0 Å². The Morgan fingerprint density at radius 1 is 1.41 bits per heavy atom. The lowest BCUT2D eigenvalue weighted by molar-refractivity contribution is -0.116. The van der Waals surface area contributed by atoms with E-state index in [-0.39, 0.29) is 5.91 Å². The third-order valence-corrected chi connectivity index (χ3v) is 3.10. The van der Waals surface area contributed by atoms with Crippen molar-refractivity contribution in [2.45, 2.75) is 20.3 Å². The first-order valence-corrected chi connectivity index (χ1v) is 5.70. The Morgan fingerprint density at radius 3 is 2.71 bits per heavy atom. The lowest BCUT2D eigenvalue weighted by Gasteiger charge is -2.32. The Balaban J connectivity index is 2.47. The van der Waals surface area contributed by atoms with Crippen molar-refractivity contribution in [3.05, 3.63) is 29.3 Å². The Labute approximate surface area is 100 Å². The number of amides is 2. The number of fused-ring (bicyclic) bond motifs is 1. The van der Waals surface area contributed by atoms with Crippen molar-refractivity contribution in [2.24, 2.45) is 11.7 Å². The molecular weight excluding hydrogens is 216 g/mol. The molecule has 0 bridgehead atoms. The second-order valence-electron chi connectivity index (χ2n) is 4.65. The summed E-state index contributed by atoms with van der Waals surface area (Å²) in [6.45, 7) is 4.39. The summed E-state index contributed by atoms with van der Waals surface area (Å²) >= 11 is 0. The highest BCUT2D eigenvalue weighted by Gasteiger charge is 2.24. The predicted octanol–water partition coefficient (Wildman–Crippen LogP) is 1.33. The number of benzene rings is 1. The van der Waals surface area contributed by atoms with Crippen molar-refractivity contribution in [3.8, 4) is 0 Å². The second kappa shape index (κ2) is 4.20. The highest BCUT2D eigenvalue weighted by atomic mass is 16.2. The minimum Gasteiger partial charge on any atom is -0.366 e. The molecule has 1 aromatic rings. The largest absolute Gasteiger partial charge is 0.366 e. The molecular formula is C13H16N2O2. The van der Waals surface area contributed by atoms with E-state index in [1.54, 1.807) is 24.0 Å². The fraction of sp³-hybridized carbons (Fsp3) is 0.385. The SMILES string of the molecule is CC(=O)N1CC(C)Cc2cc(C(N)=O)ccc21. The van der Waals surface area contributed by atoms with Crippen LogP contribution in [0, 0.1) is 5.92 Å². The van der Waals surface area contributed by atoms with Crippen LogP contribution in [-0.2, 0) is 11.2 Å². The van der Waals surface area contributed by atoms with Crippen molar-refractivity contribution >= 4 is 17.5 Å². The summed E-state index contributed by atoms with van der Waals surface area (Å²) in [4.78, 5) is 24.4. The van der Waals surface area contributed by atoms with Gasteiger partial charge in [-0.3, -0.25) is 9.59 Å². The summed E-state index contributed by atoms with van der Waals surface area (Å²) in [7, 11) is 0. The Hall–Kier alpha value is -1.84. The van der Waals surface area contributed by atoms with Crippen molar-refractivity contribution in [3.63, 3.8) is 0 Å². The lowest BCUT2D eigenvalue weighted by Crippen LogP contribution is -2.37. The molecule has 4 nitrogen and oxygen atoms in total. The summed E-state index contributed by atoms with van der Waals surface area (Å²) in [5, 5.41) is 0. The van der Waals surface area contributed by atoms with E-state index < -0.39 is 5.91 Å². The first kappa shape index (κ1) is 11.6. The molecule has 1 heterocycles. The number of anilines is 1. The van der Waals surface area contributed by atoms with Gasteiger partial charge in [-0.15, -0.1) is 0 Å². The number of hydrogen-bond acceptors (Lipinski definition) is 2. The van der Waals surface area contributed by atoms with Gasteiger partial charge in [0.15, 0.2) is 0 Å². The molecule has 1 aromatic carbocycles. The van der Waals surface area contributed by atoms with E-state index in [4.69, 9.17) is 5.73 Å². The molecule has 0 aliphatic carbocycles. The molecule has 90 valence electrons. The number of rotatable bonds is 1. The van der Waals surface area contributed by atoms with Crippen LogP contribution in [0.4, 0.5) is 5.69 Å². The number of nitrogens with two attached hydrogens (primary N) is 1. The quantitative estimate of drug-likeness (QED) is 0.794. The molecule has 2 N–H and O–H groups in total. The third kappa shape index (κ3) is 2.16. The molecule has 2 amide bonds. The van der Waals surface area contributed by atoms with Gasteiger partial charge in [0.05, 0.1) is 0 Å². The molecule has 17 heavy (non-hydrogen) atoms. The zero-order valence-corrected chi connectivity index (χ0v) is 10.1. The smallest absolute Gasteiger partial charge is 0.248 e.